The second-order valence-corrected chi connectivity index (χ2v) is 5.23. The molecule has 98 valence electrons. The predicted molar refractivity (Wildman–Crippen MR) is 71.4 cm³/mol. The summed E-state index contributed by atoms with van der Waals surface area (Å²) in [5.41, 5.74) is 0.688. The number of amides is 1. The monoisotopic (exact) mass is 247 g/mol. The standard InChI is InChI=1S/C14H21N3O/c1-11(2)8-13-10-16-6-7-17(13)14(18)12-4-3-5-15-9-12/h3-5,9,11,13,16H,6-8,10H2,1-2H3. The van der Waals surface area contributed by atoms with E-state index in [0.717, 1.165) is 26.1 Å². The van der Waals surface area contributed by atoms with Gasteiger partial charge in [-0.2, -0.15) is 0 Å². The third-order valence-electron chi connectivity index (χ3n) is 3.26. The largest absolute Gasteiger partial charge is 0.333 e. The molecule has 1 aliphatic heterocycles. The zero-order chi connectivity index (χ0) is 13.0. The number of hydrogen-bond acceptors (Lipinski definition) is 3. The third kappa shape index (κ3) is 3.07. The number of carbonyl (C=O) groups excluding carboxylic acids is 1. The molecule has 1 N–H and O–H groups in total. The van der Waals surface area contributed by atoms with E-state index in [9.17, 15) is 4.79 Å². The molecule has 1 fully saturated rings. The van der Waals surface area contributed by atoms with Crippen LogP contribution in [-0.4, -0.2) is 41.5 Å². The highest BCUT2D eigenvalue weighted by molar-refractivity contribution is 5.94. The summed E-state index contributed by atoms with van der Waals surface area (Å²) in [6.07, 6.45) is 4.38. The zero-order valence-electron chi connectivity index (χ0n) is 11.1. The number of aromatic nitrogens is 1. The Morgan fingerprint density at radius 3 is 3.11 bits per heavy atom. The molecule has 0 aromatic carbocycles. The second kappa shape index (κ2) is 5.96. The van der Waals surface area contributed by atoms with Gasteiger partial charge in [-0.05, 0) is 24.5 Å². The lowest BCUT2D eigenvalue weighted by Crippen LogP contribution is -2.54. The van der Waals surface area contributed by atoms with Gasteiger partial charge >= 0.3 is 0 Å². The van der Waals surface area contributed by atoms with Crippen molar-refractivity contribution in [2.24, 2.45) is 5.92 Å². The number of hydrogen-bond donors (Lipinski definition) is 1. The second-order valence-electron chi connectivity index (χ2n) is 5.23. The van der Waals surface area contributed by atoms with Gasteiger partial charge in [-0.25, -0.2) is 0 Å². The average molecular weight is 247 g/mol. The fraction of sp³-hybridized carbons (Fsp3) is 0.571. The maximum Gasteiger partial charge on any atom is 0.255 e. The number of pyridine rings is 1. The first kappa shape index (κ1) is 13.0. The van der Waals surface area contributed by atoms with Crippen molar-refractivity contribution in [1.29, 1.82) is 0 Å². The Balaban J connectivity index is 2.11. The Morgan fingerprint density at radius 2 is 2.44 bits per heavy atom. The Labute approximate surface area is 108 Å². The fourth-order valence-corrected chi connectivity index (χ4v) is 2.44. The highest BCUT2D eigenvalue weighted by Gasteiger charge is 2.27. The molecule has 0 spiro atoms. The third-order valence-corrected chi connectivity index (χ3v) is 3.26. The van der Waals surface area contributed by atoms with E-state index >= 15 is 0 Å². The molecule has 1 aliphatic rings. The van der Waals surface area contributed by atoms with Crippen LogP contribution in [-0.2, 0) is 0 Å². The summed E-state index contributed by atoms with van der Waals surface area (Å²) in [6.45, 7) is 6.94. The minimum Gasteiger partial charge on any atom is -0.333 e. The number of nitrogens with one attached hydrogen (secondary N) is 1. The van der Waals surface area contributed by atoms with Crippen molar-refractivity contribution in [3.63, 3.8) is 0 Å². The molecule has 4 heteroatoms. The highest BCUT2D eigenvalue weighted by atomic mass is 16.2. The molecule has 1 saturated heterocycles. The molecule has 18 heavy (non-hydrogen) atoms. The Morgan fingerprint density at radius 1 is 1.61 bits per heavy atom. The lowest BCUT2D eigenvalue weighted by atomic mass is 10.00. The van der Waals surface area contributed by atoms with Gasteiger partial charge in [0.15, 0.2) is 0 Å². The van der Waals surface area contributed by atoms with Gasteiger partial charge in [-0.3, -0.25) is 9.78 Å². The Hall–Kier alpha value is -1.42. The molecule has 4 nitrogen and oxygen atoms in total. The molecule has 1 atom stereocenters. The van der Waals surface area contributed by atoms with Gasteiger partial charge < -0.3 is 10.2 Å². The van der Waals surface area contributed by atoms with E-state index in [1.54, 1.807) is 12.4 Å². The van der Waals surface area contributed by atoms with Crippen molar-refractivity contribution in [3.8, 4) is 0 Å². The molecule has 1 aromatic rings. The first-order chi connectivity index (χ1) is 8.68. The zero-order valence-corrected chi connectivity index (χ0v) is 11.1. The Bertz CT molecular complexity index is 391. The lowest BCUT2D eigenvalue weighted by molar-refractivity contribution is 0.0609. The van der Waals surface area contributed by atoms with E-state index < -0.39 is 0 Å². The molecule has 2 rings (SSSR count). The van der Waals surface area contributed by atoms with Crippen molar-refractivity contribution in [2.45, 2.75) is 26.3 Å². The van der Waals surface area contributed by atoms with Crippen molar-refractivity contribution < 1.29 is 4.79 Å². The molecule has 1 unspecified atom stereocenters. The highest BCUT2D eigenvalue weighted by Crippen LogP contribution is 2.16. The number of piperazine rings is 1. The molecule has 0 saturated carbocycles. The van der Waals surface area contributed by atoms with Crippen LogP contribution in [0.5, 0.6) is 0 Å². The smallest absolute Gasteiger partial charge is 0.255 e. The maximum atomic E-state index is 12.4. The van der Waals surface area contributed by atoms with Crippen LogP contribution in [0.15, 0.2) is 24.5 Å². The van der Waals surface area contributed by atoms with Gasteiger partial charge in [0.25, 0.3) is 5.91 Å². The molecule has 1 aromatic heterocycles. The van der Waals surface area contributed by atoms with Gasteiger partial charge in [-0.1, -0.05) is 13.8 Å². The molecule has 0 aliphatic carbocycles. The van der Waals surface area contributed by atoms with Gasteiger partial charge in [0.05, 0.1) is 5.56 Å². The SMILES string of the molecule is CC(C)CC1CNCCN1C(=O)c1cccnc1. The quantitative estimate of drug-likeness (QED) is 0.881. The van der Waals surface area contributed by atoms with Gasteiger partial charge in [-0.15, -0.1) is 0 Å². The first-order valence-electron chi connectivity index (χ1n) is 6.60. The van der Waals surface area contributed by atoms with Crippen LogP contribution in [0.3, 0.4) is 0 Å². The number of nitrogens with zero attached hydrogens (tertiary/aromatic N) is 2. The predicted octanol–water partition coefficient (Wildman–Crippen LogP) is 1.54. The topological polar surface area (TPSA) is 45.2 Å². The van der Waals surface area contributed by atoms with Crippen LogP contribution >= 0.6 is 0 Å². The van der Waals surface area contributed by atoms with Crippen LogP contribution in [0.25, 0.3) is 0 Å². The fourth-order valence-electron chi connectivity index (χ4n) is 2.44. The summed E-state index contributed by atoms with van der Waals surface area (Å²) in [5, 5.41) is 3.37. The van der Waals surface area contributed by atoms with Gasteiger partial charge in [0.1, 0.15) is 0 Å². The minimum absolute atomic E-state index is 0.107. The summed E-state index contributed by atoms with van der Waals surface area (Å²) < 4.78 is 0. The van der Waals surface area contributed by atoms with E-state index in [0.29, 0.717) is 17.5 Å². The molecule has 0 radical (unpaired) electrons. The normalized spacial score (nSPS) is 20.2. The number of carbonyl (C=O) groups is 1. The maximum absolute atomic E-state index is 12.4. The van der Waals surface area contributed by atoms with Crippen LogP contribution in [0.4, 0.5) is 0 Å². The van der Waals surface area contributed by atoms with E-state index in [-0.39, 0.29) is 5.91 Å². The summed E-state index contributed by atoms with van der Waals surface area (Å²) in [6, 6.07) is 3.95. The van der Waals surface area contributed by atoms with Crippen molar-refractivity contribution >= 4 is 5.91 Å². The number of rotatable bonds is 3. The minimum atomic E-state index is 0.107. The summed E-state index contributed by atoms with van der Waals surface area (Å²) in [5.74, 6) is 0.703. The van der Waals surface area contributed by atoms with Crippen LogP contribution in [0, 0.1) is 5.92 Å². The Kier molecular flexibility index (Phi) is 4.31. The lowest BCUT2D eigenvalue weighted by Gasteiger charge is -2.37. The van der Waals surface area contributed by atoms with Crippen molar-refractivity contribution in [1.82, 2.24) is 15.2 Å². The summed E-state index contributed by atoms with van der Waals surface area (Å²) >= 11 is 0. The van der Waals surface area contributed by atoms with Crippen LogP contribution < -0.4 is 5.32 Å². The van der Waals surface area contributed by atoms with E-state index in [1.807, 2.05) is 17.0 Å². The van der Waals surface area contributed by atoms with Gasteiger partial charge in [0.2, 0.25) is 0 Å². The van der Waals surface area contributed by atoms with E-state index in [1.165, 1.54) is 0 Å². The molecule has 0 bridgehead atoms. The van der Waals surface area contributed by atoms with Crippen molar-refractivity contribution in [2.75, 3.05) is 19.6 Å². The van der Waals surface area contributed by atoms with Crippen LogP contribution in [0.2, 0.25) is 0 Å². The van der Waals surface area contributed by atoms with Crippen LogP contribution in [0.1, 0.15) is 30.6 Å². The summed E-state index contributed by atoms with van der Waals surface area (Å²) in [4.78, 5) is 18.5. The van der Waals surface area contributed by atoms with E-state index in [2.05, 4.69) is 24.1 Å². The first-order valence-corrected chi connectivity index (χ1v) is 6.60. The average Bonchev–Trinajstić information content (AvgIpc) is 2.39. The molecular weight excluding hydrogens is 226 g/mol. The van der Waals surface area contributed by atoms with E-state index in [4.69, 9.17) is 0 Å². The van der Waals surface area contributed by atoms with Gasteiger partial charge in [0, 0.05) is 38.1 Å². The summed E-state index contributed by atoms with van der Waals surface area (Å²) in [7, 11) is 0. The molecule has 1 amide bonds. The molecular formula is C14H21N3O. The molecule has 2 heterocycles. The van der Waals surface area contributed by atoms with Crippen molar-refractivity contribution in [3.05, 3.63) is 30.1 Å².